The highest BCUT2D eigenvalue weighted by Gasteiger charge is 2.24. The molecule has 1 heterocycles. The van der Waals surface area contributed by atoms with Crippen molar-refractivity contribution in [3.05, 3.63) is 5.82 Å². The van der Waals surface area contributed by atoms with Gasteiger partial charge in [-0.15, -0.1) is 0 Å². The van der Waals surface area contributed by atoms with Crippen LogP contribution in [0.4, 0.5) is 5.13 Å². The molecule has 2 rings (SSSR count). The van der Waals surface area contributed by atoms with Gasteiger partial charge in [0.2, 0.25) is 5.13 Å². The van der Waals surface area contributed by atoms with Gasteiger partial charge >= 0.3 is 0 Å². The Kier molecular flexibility index (Phi) is 4.54. The molecule has 1 N–H and O–H groups in total. The number of hydrogen-bond acceptors (Lipinski definition) is 5. The van der Waals surface area contributed by atoms with E-state index in [-0.39, 0.29) is 5.41 Å². The second kappa shape index (κ2) is 5.78. The molecule has 0 aliphatic heterocycles. The summed E-state index contributed by atoms with van der Waals surface area (Å²) in [6.45, 7) is 6.47. The number of nitrogens with zero attached hydrogens (tertiary/aromatic N) is 2. The zero-order chi connectivity index (χ0) is 13.2. The zero-order valence-electron chi connectivity index (χ0n) is 11.7. The van der Waals surface area contributed by atoms with Gasteiger partial charge in [-0.1, -0.05) is 27.2 Å². The van der Waals surface area contributed by atoms with Crippen molar-refractivity contribution in [2.75, 3.05) is 11.6 Å². The third-order valence-electron chi connectivity index (χ3n) is 3.38. The van der Waals surface area contributed by atoms with Crippen LogP contribution >= 0.6 is 23.3 Å². The smallest absolute Gasteiger partial charge is 0.202 e. The SMILES string of the molecule is CSC1CCCC(Nc2nc(C(C)(C)C)ns2)C1. The van der Waals surface area contributed by atoms with Crippen molar-refractivity contribution in [1.29, 1.82) is 0 Å². The van der Waals surface area contributed by atoms with Crippen molar-refractivity contribution in [3.63, 3.8) is 0 Å². The Hall–Kier alpha value is -0.290. The Morgan fingerprint density at radius 2 is 2.11 bits per heavy atom. The summed E-state index contributed by atoms with van der Waals surface area (Å²) in [5, 5.41) is 5.37. The molecule has 0 radical (unpaired) electrons. The zero-order valence-corrected chi connectivity index (χ0v) is 13.3. The van der Waals surface area contributed by atoms with Gasteiger partial charge in [-0.25, -0.2) is 4.98 Å². The fourth-order valence-corrected chi connectivity index (χ4v) is 3.91. The van der Waals surface area contributed by atoms with Gasteiger partial charge in [-0.05, 0) is 25.5 Å². The first-order chi connectivity index (χ1) is 8.49. The van der Waals surface area contributed by atoms with E-state index in [4.69, 9.17) is 0 Å². The van der Waals surface area contributed by atoms with Crippen LogP contribution in [0.2, 0.25) is 0 Å². The van der Waals surface area contributed by atoms with Crippen molar-refractivity contribution in [3.8, 4) is 0 Å². The highest BCUT2D eigenvalue weighted by Crippen LogP contribution is 2.30. The van der Waals surface area contributed by atoms with Crippen LogP contribution in [-0.2, 0) is 5.41 Å². The van der Waals surface area contributed by atoms with Gasteiger partial charge in [-0.2, -0.15) is 16.1 Å². The van der Waals surface area contributed by atoms with Crippen molar-refractivity contribution >= 4 is 28.4 Å². The van der Waals surface area contributed by atoms with E-state index in [9.17, 15) is 0 Å². The molecule has 5 heteroatoms. The van der Waals surface area contributed by atoms with Gasteiger partial charge in [0.05, 0.1) is 0 Å². The standard InChI is InChI=1S/C13H23N3S2/c1-13(2,3)11-15-12(18-16-11)14-9-6-5-7-10(8-9)17-4/h9-10H,5-8H2,1-4H3,(H,14,15,16). The highest BCUT2D eigenvalue weighted by atomic mass is 32.2. The van der Waals surface area contributed by atoms with E-state index >= 15 is 0 Å². The summed E-state index contributed by atoms with van der Waals surface area (Å²) in [6, 6.07) is 0.581. The van der Waals surface area contributed by atoms with Gasteiger partial charge in [0.1, 0.15) is 5.82 Å². The minimum Gasteiger partial charge on any atom is -0.358 e. The number of rotatable bonds is 3. The molecule has 1 saturated carbocycles. The fourth-order valence-electron chi connectivity index (χ4n) is 2.25. The fraction of sp³-hybridized carbons (Fsp3) is 0.846. The molecule has 0 spiro atoms. The van der Waals surface area contributed by atoms with Crippen LogP contribution in [0.3, 0.4) is 0 Å². The van der Waals surface area contributed by atoms with Gasteiger partial charge in [0, 0.05) is 28.2 Å². The summed E-state index contributed by atoms with van der Waals surface area (Å²) in [6.07, 6.45) is 7.43. The second-order valence-electron chi connectivity index (χ2n) is 6.04. The molecule has 2 unspecified atom stereocenters. The predicted octanol–water partition coefficient (Wildman–Crippen LogP) is 3.92. The molecule has 0 aromatic carbocycles. The summed E-state index contributed by atoms with van der Waals surface area (Å²) in [4.78, 5) is 4.62. The number of thioether (sulfide) groups is 1. The van der Waals surface area contributed by atoms with Crippen LogP contribution in [0.1, 0.15) is 52.3 Å². The lowest BCUT2D eigenvalue weighted by atomic mass is 9.95. The summed E-state index contributed by atoms with van der Waals surface area (Å²) in [7, 11) is 0. The first-order valence-electron chi connectivity index (χ1n) is 6.62. The van der Waals surface area contributed by atoms with Crippen LogP contribution in [0.5, 0.6) is 0 Å². The average molecular weight is 285 g/mol. The number of hydrogen-bond donors (Lipinski definition) is 1. The molecule has 1 aromatic heterocycles. The highest BCUT2D eigenvalue weighted by molar-refractivity contribution is 7.99. The lowest BCUT2D eigenvalue weighted by molar-refractivity contribution is 0.473. The maximum absolute atomic E-state index is 4.62. The molecule has 18 heavy (non-hydrogen) atoms. The second-order valence-corrected chi connectivity index (χ2v) is 7.93. The van der Waals surface area contributed by atoms with Crippen molar-refractivity contribution < 1.29 is 0 Å². The maximum Gasteiger partial charge on any atom is 0.202 e. The summed E-state index contributed by atoms with van der Waals surface area (Å²) < 4.78 is 4.45. The summed E-state index contributed by atoms with van der Waals surface area (Å²) >= 11 is 3.50. The van der Waals surface area contributed by atoms with Crippen molar-refractivity contribution in [1.82, 2.24) is 9.36 Å². The molecule has 2 atom stereocenters. The molecule has 1 aliphatic rings. The normalized spacial score (nSPS) is 25.1. The Morgan fingerprint density at radius 3 is 2.72 bits per heavy atom. The Labute approximate surface area is 118 Å². The van der Waals surface area contributed by atoms with Crippen LogP contribution in [0.15, 0.2) is 0 Å². The van der Waals surface area contributed by atoms with Crippen LogP contribution in [-0.4, -0.2) is 26.9 Å². The van der Waals surface area contributed by atoms with E-state index in [0.717, 1.165) is 16.2 Å². The third-order valence-corrected chi connectivity index (χ3v) is 5.12. The van der Waals surface area contributed by atoms with Gasteiger partial charge in [-0.3, -0.25) is 0 Å². The minimum atomic E-state index is 0.0464. The lowest BCUT2D eigenvalue weighted by Crippen LogP contribution is -2.28. The third kappa shape index (κ3) is 3.60. The van der Waals surface area contributed by atoms with E-state index in [2.05, 4.69) is 41.7 Å². The largest absolute Gasteiger partial charge is 0.358 e. The molecule has 1 aromatic rings. The first kappa shape index (κ1) is 14.1. The molecule has 0 bridgehead atoms. The molecule has 0 saturated heterocycles. The average Bonchev–Trinajstić information content (AvgIpc) is 2.77. The van der Waals surface area contributed by atoms with E-state index < -0.39 is 0 Å². The molecule has 1 fully saturated rings. The maximum atomic E-state index is 4.62. The van der Waals surface area contributed by atoms with E-state index in [1.807, 2.05) is 11.8 Å². The quantitative estimate of drug-likeness (QED) is 0.913. The Balaban J connectivity index is 1.95. The lowest BCUT2D eigenvalue weighted by Gasteiger charge is -2.28. The summed E-state index contributed by atoms with van der Waals surface area (Å²) in [5.41, 5.74) is 0.0464. The van der Waals surface area contributed by atoms with E-state index in [0.29, 0.717) is 6.04 Å². The topological polar surface area (TPSA) is 37.8 Å². The van der Waals surface area contributed by atoms with Crippen molar-refractivity contribution in [2.24, 2.45) is 0 Å². The molecule has 0 amide bonds. The Morgan fingerprint density at radius 1 is 1.33 bits per heavy atom. The number of nitrogens with one attached hydrogen (secondary N) is 1. The van der Waals surface area contributed by atoms with Gasteiger partial charge < -0.3 is 5.32 Å². The van der Waals surface area contributed by atoms with E-state index in [1.54, 1.807) is 0 Å². The van der Waals surface area contributed by atoms with Gasteiger partial charge in [0.25, 0.3) is 0 Å². The van der Waals surface area contributed by atoms with Crippen LogP contribution < -0.4 is 5.32 Å². The molecule has 1 aliphatic carbocycles. The predicted molar refractivity (Wildman–Crippen MR) is 81.8 cm³/mol. The summed E-state index contributed by atoms with van der Waals surface area (Å²) in [5.74, 6) is 0.951. The Bertz CT molecular complexity index is 384. The van der Waals surface area contributed by atoms with Crippen LogP contribution in [0, 0.1) is 0 Å². The first-order valence-corrected chi connectivity index (χ1v) is 8.68. The molecule has 102 valence electrons. The number of anilines is 1. The van der Waals surface area contributed by atoms with E-state index in [1.165, 1.54) is 37.2 Å². The molecular weight excluding hydrogens is 262 g/mol. The van der Waals surface area contributed by atoms with Crippen molar-refractivity contribution in [2.45, 2.75) is 63.2 Å². The van der Waals surface area contributed by atoms with Gasteiger partial charge in [0.15, 0.2) is 0 Å². The molecular formula is C13H23N3S2. The minimum absolute atomic E-state index is 0.0464. The number of aromatic nitrogens is 2. The van der Waals surface area contributed by atoms with Crippen LogP contribution in [0.25, 0.3) is 0 Å². The monoisotopic (exact) mass is 285 g/mol. The molecule has 3 nitrogen and oxygen atoms in total.